The van der Waals surface area contributed by atoms with E-state index in [0.717, 1.165) is 43.2 Å². The fourth-order valence-electron chi connectivity index (χ4n) is 3.36. The van der Waals surface area contributed by atoms with Gasteiger partial charge in [0.1, 0.15) is 6.61 Å². The molecule has 1 aliphatic rings. The SMILES string of the molecule is COc1cc(CNCC2CCNCC2)cc(Cl)c1OCc1ccc(C)cc1. The predicted molar refractivity (Wildman–Crippen MR) is 111 cm³/mol. The summed E-state index contributed by atoms with van der Waals surface area (Å²) in [4.78, 5) is 0. The summed E-state index contributed by atoms with van der Waals surface area (Å²) in [5, 5.41) is 7.54. The van der Waals surface area contributed by atoms with Crippen molar-refractivity contribution in [2.75, 3.05) is 26.7 Å². The molecule has 1 saturated heterocycles. The maximum absolute atomic E-state index is 6.49. The molecule has 2 N–H and O–H groups in total. The molecule has 0 aromatic heterocycles. The van der Waals surface area contributed by atoms with E-state index >= 15 is 0 Å². The molecule has 1 heterocycles. The molecular formula is C22H29ClN2O2. The van der Waals surface area contributed by atoms with Crippen molar-refractivity contribution in [1.29, 1.82) is 0 Å². The lowest BCUT2D eigenvalue weighted by Gasteiger charge is -2.23. The third-order valence-electron chi connectivity index (χ3n) is 5.01. The van der Waals surface area contributed by atoms with E-state index in [0.29, 0.717) is 23.1 Å². The smallest absolute Gasteiger partial charge is 0.180 e. The van der Waals surface area contributed by atoms with Crippen molar-refractivity contribution in [3.05, 3.63) is 58.1 Å². The first-order valence-electron chi connectivity index (χ1n) is 9.62. The van der Waals surface area contributed by atoms with Crippen LogP contribution in [0.25, 0.3) is 0 Å². The van der Waals surface area contributed by atoms with Crippen LogP contribution in [0.2, 0.25) is 5.02 Å². The number of rotatable bonds is 8. The third-order valence-corrected chi connectivity index (χ3v) is 5.29. The van der Waals surface area contributed by atoms with Crippen molar-refractivity contribution < 1.29 is 9.47 Å². The average Bonchev–Trinajstić information content (AvgIpc) is 2.69. The molecular weight excluding hydrogens is 360 g/mol. The Hall–Kier alpha value is -1.75. The Morgan fingerprint density at radius 2 is 1.85 bits per heavy atom. The zero-order chi connectivity index (χ0) is 19.1. The van der Waals surface area contributed by atoms with Crippen LogP contribution in [0.5, 0.6) is 11.5 Å². The first kappa shape index (κ1) is 20.0. The highest BCUT2D eigenvalue weighted by Gasteiger charge is 2.14. The first-order valence-corrected chi connectivity index (χ1v) is 9.99. The number of ether oxygens (including phenoxy) is 2. The summed E-state index contributed by atoms with van der Waals surface area (Å²) in [5.74, 6) is 2.02. The maximum atomic E-state index is 6.49. The number of hydrogen-bond acceptors (Lipinski definition) is 4. The number of methoxy groups -OCH3 is 1. The van der Waals surface area contributed by atoms with Gasteiger partial charge in [0, 0.05) is 6.54 Å². The number of aryl methyl sites for hydroxylation is 1. The summed E-state index contributed by atoms with van der Waals surface area (Å²) in [6.45, 7) is 6.59. The van der Waals surface area contributed by atoms with Gasteiger partial charge in [0.2, 0.25) is 0 Å². The molecule has 0 amide bonds. The maximum Gasteiger partial charge on any atom is 0.180 e. The quantitative estimate of drug-likeness (QED) is 0.706. The standard InChI is InChI=1S/C22H29ClN2O2/c1-16-3-5-18(6-4-16)15-27-22-20(23)11-19(12-21(22)26-2)14-25-13-17-7-9-24-10-8-17/h3-6,11-12,17,24-25H,7-10,13-15H2,1-2H3. The third kappa shape index (κ3) is 5.86. The van der Waals surface area contributed by atoms with Crippen LogP contribution in [0, 0.1) is 12.8 Å². The number of piperidine rings is 1. The van der Waals surface area contributed by atoms with Crippen molar-refractivity contribution in [3.63, 3.8) is 0 Å². The van der Waals surface area contributed by atoms with E-state index in [1.807, 2.05) is 12.1 Å². The fourth-order valence-corrected chi connectivity index (χ4v) is 3.65. The van der Waals surface area contributed by atoms with E-state index in [2.05, 4.69) is 41.8 Å². The van der Waals surface area contributed by atoms with Crippen molar-refractivity contribution in [3.8, 4) is 11.5 Å². The molecule has 146 valence electrons. The van der Waals surface area contributed by atoms with Crippen LogP contribution in [0.3, 0.4) is 0 Å². The van der Waals surface area contributed by atoms with Gasteiger partial charge >= 0.3 is 0 Å². The fraction of sp³-hybridized carbons (Fsp3) is 0.455. The van der Waals surface area contributed by atoms with Crippen molar-refractivity contribution in [2.45, 2.75) is 32.9 Å². The van der Waals surface area contributed by atoms with Crippen LogP contribution in [-0.4, -0.2) is 26.7 Å². The number of nitrogens with one attached hydrogen (secondary N) is 2. The molecule has 3 rings (SSSR count). The highest BCUT2D eigenvalue weighted by Crippen LogP contribution is 2.37. The highest BCUT2D eigenvalue weighted by atomic mass is 35.5. The lowest BCUT2D eigenvalue weighted by atomic mass is 9.98. The zero-order valence-corrected chi connectivity index (χ0v) is 16.9. The summed E-state index contributed by atoms with van der Waals surface area (Å²) in [6.07, 6.45) is 2.48. The molecule has 0 bridgehead atoms. The lowest BCUT2D eigenvalue weighted by molar-refractivity contribution is 0.284. The van der Waals surface area contributed by atoms with Crippen LogP contribution < -0.4 is 20.1 Å². The Balaban J connectivity index is 1.59. The molecule has 1 fully saturated rings. The Bertz CT molecular complexity index is 728. The second-order valence-corrected chi connectivity index (χ2v) is 7.61. The Labute approximate surface area is 167 Å². The molecule has 1 aliphatic heterocycles. The van der Waals surface area contributed by atoms with E-state index in [-0.39, 0.29) is 0 Å². The molecule has 2 aromatic rings. The summed E-state index contributed by atoms with van der Waals surface area (Å²) >= 11 is 6.49. The van der Waals surface area contributed by atoms with Gasteiger partial charge in [-0.1, -0.05) is 41.4 Å². The van der Waals surface area contributed by atoms with Gasteiger partial charge in [-0.25, -0.2) is 0 Å². The Kier molecular flexibility index (Phi) is 7.39. The van der Waals surface area contributed by atoms with Gasteiger partial charge in [-0.3, -0.25) is 0 Å². The lowest BCUT2D eigenvalue weighted by Crippen LogP contribution is -2.33. The molecule has 0 aliphatic carbocycles. The van der Waals surface area contributed by atoms with E-state index in [9.17, 15) is 0 Å². The van der Waals surface area contributed by atoms with Crippen LogP contribution in [0.1, 0.15) is 29.5 Å². The van der Waals surface area contributed by atoms with Crippen molar-refractivity contribution in [1.82, 2.24) is 10.6 Å². The molecule has 0 atom stereocenters. The molecule has 2 aromatic carbocycles. The van der Waals surface area contributed by atoms with Gasteiger partial charge in [-0.05, 0) is 68.6 Å². The molecule has 0 saturated carbocycles. The monoisotopic (exact) mass is 388 g/mol. The van der Waals surface area contributed by atoms with Crippen LogP contribution >= 0.6 is 11.6 Å². The molecule has 0 unspecified atom stereocenters. The van der Waals surface area contributed by atoms with Crippen LogP contribution in [0.4, 0.5) is 0 Å². The van der Waals surface area contributed by atoms with Gasteiger partial charge in [-0.2, -0.15) is 0 Å². The first-order chi connectivity index (χ1) is 13.2. The van der Waals surface area contributed by atoms with Gasteiger partial charge in [0.25, 0.3) is 0 Å². The second kappa shape index (κ2) is 9.98. The summed E-state index contributed by atoms with van der Waals surface area (Å²) in [6, 6.07) is 12.3. The number of benzene rings is 2. The Morgan fingerprint density at radius 3 is 2.56 bits per heavy atom. The van der Waals surface area contributed by atoms with E-state index in [4.69, 9.17) is 21.1 Å². The average molecular weight is 389 g/mol. The van der Waals surface area contributed by atoms with E-state index < -0.39 is 0 Å². The largest absolute Gasteiger partial charge is 0.493 e. The summed E-state index contributed by atoms with van der Waals surface area (Å²) in [5.41, 5.74) is 3.44. The molecule has 0 spiro atoms. The second-order valence-electron chi connectivity index (χ2n) is 7.21. The molecule has 27 heavy (non-hydrogen) atoms. The Morgan fingerprint density at radius 1 is 1.11 bits per heavy atom. The molecule has 5 heteroatoms. The van der Waals surface area contributed by atoms with E-state index in [1.54, 1.807) is 7.11 Å². The molecule has 0 radical (unpaired) electrons. The van der Waals surface area contributed by atoms with Gasteiger partial charge in [0.15, 0.2) is 11.5 Å². The molecule has 4 nitrogen and oxygen atoms in total. The van der Waals surface area contributed by atoms with Gasteiger partial charge < -0.3 is 20.1 Å². The van der Waals surface area contributed by atoms with Crippen molar-refractivity contribution >= 4 is 11.6 Å². The minimum atomic E-state index is 0.462. The van der Waals surface area contributed by atoms with E-state index in [1.165, 1.54) is 18.4 Å². The zero-order valence-electron chi connectivity index (χ0n) is 16.2. The van der Waals surface area contributed by atoms with Crippen molar-refractivity contribution in [2.24, 2.45) is 5.92 Å². The van der Waals surface area contributed by atoms with Gasteiger partial charge in [0.05, 0.1) is 12.1 Å². The van der Waals surface area contributed by atoms with Gasteiger partial charge in [-0.15, -0.1) is 0 Å². The summed E-state index contributed by atoms with van der Waals surface area (Å²) < 4.78 is 11.5. The predicted octanol–water partition coefficient (Wildman–Crippen LogP) is 4.33. The number of halogens is 1. The topological polar surface area (TPSA) is 42.5 Å². The highest BCUT2D eigenvalue weighted by molar-refractivity contribution is 6.32. The summed E-state index contributed by atoms with van der Waals surface area (Å²) in [7, 11) is 1.65. The minimum Gasteiger partial charge on any atom is -0.493 e. The minimum absolute atomic E-state index is 0.462. The normalized spacial score (nSPS) is 14.9. The van der Waals surface area contributed by atoms with Crippen LogP contribution in [-0.2, 0) is 13.2 Å². The number of hydrogen-bond donors (Lipinski definition) is 2. The van der Waals surface area contributed by atoms with Crippen LogP contribution in [0.15, 0.2) is 36.4 Å².